The third-order valence-corrected chi connectivity index (χ3v) is 4.67. The van der Waals surface area contributed by atoms with Gasteiger partial charge in [-0.1, -0.05) is 6.07 Å². The molecule has 2 N–H and O–H groups in total. The molecule has 2 bridgehead atoms. The van der Waals surface area contributed by atoms with Gasteiger partial charge in [0.05, 0.1) is 19.3 Å². The first-order valence-electron chi connectivity index (χ1n) is 7.43. The third-order valence-electron chi connectivity index (χ3n) is 4.67. The lowest BCUT2D eigenvalue weighted by Gasteiger charge is -2.40. The van der Waals surface area contributed by atoms with E-state index < -0.39 is 6.10 Å². The number of hydrogen-bond acceptors (Lipinski definition) is 4. The second kappa shape index (κ2) is 5.26. The zero-order valence-electron chi connectivity index (χ0n) is 12.1. The molecule has 1 aromatic carbocycles. The van der Waals surface area contributed by atoms with Gasteiger partial charge >= 0.3 is 0 Å². The van der Waals surface area contributed by atoms with E-state index in [1.165, 1.54) is 0 Å². The average molecular weight is 277 g/mol. The number of hydrogen-bond donors (Lipinski definition) is 2. The number of anilines is 1. The predicted octanol–water partition coefficient (Wildman–Crippen LogP) is 2.24. The van der Waals surface area contributed by atoms with E-state index in [-0.39, 0.29) is 6.10 Å². The van der Waals surface area contributed by atoms with Gasteiger partial charge in [0, 0.05) is 23.3 Å². The number of aliphatic hydroxyl groups excluding tert-OH is 2. The van der Waals surface area contributed by atoms with Crippen molar-refractivity contribution in [1.29, 1.82) is 0 Å². The number of fused-ring (bicyclic) bond motifs is 2. The molecule has 0 aromatic heterocycles. The van der Waals surface area contributed by atoms with Gasteiger partial charge in [0.1, 0.15) is 5.75 Å². The van der Waals surface area contributed by atoms with E-state index in [1.54, 1.807) is 14.0 Å². The molecule has 3 rings (SSSR count). The molecular formula is C16H23NO3. The van der Waals surface area contributed by atoms with E-state index in [0.717, 1.165) is 42.7 Å². The largest absolute Gasteiger partial charge is 0.496 e. The van der Waals surface area contributed by atoms with Crippen molar-refractivity contribution in [2.45, 2.75) is 56.9 Å². The topological polar surface area (TPSA) is 52.9 Å². The summed E-state index contributed by atoms with van der Waals surface area (Å²) in [4.78, 5) is 2.40. The van der Waals surface area contributed by atoms with E-state index in [0.29, 0.717) is 12.1 Å². The maximum absolute atomic E-state index is 10.1. The Labute approximate surface area is 120 Å². The molecule has 0 spiro atoms. The molecule has 0 amide bonds. The zero-order valence-corrected chi connectivity index (χ0v) is 12.1. The van der Waals surface area contributed by atoms with E-state index in [2.05, 4.69) is 11.0 Å². The van der Waals surface area contributed by atoms with Gasteiger partial charge in [-0.2, -0.15) is 0 Å². The van der Waals surface area contributed by atoms with Crippen LogP contribution in [-0.2, 0) is 0 Å². The number of rotatable bonds is 3. The molecule has 4 nitrogen and oxygen atoms in total. The zero-order chi connectivity index (χ0) is 14.3. The van der Waals surface area contributed by atoms with Crippen LogP contribution in [0.25, 0.3) is 0 Å². The molecule has 2 heterocycles. The van der Waals surface area contributed by atoms with E-state index >= 15 is 0 Å². The molecule has 0 aliphatic carbocycles. The molecule has 1 aromatic rings. The van der Waals surface area contributed by atoms with Crippen LogP contribution in [0.4, 0.5) is 5.69 Å². The predicted molar refractivity (Wildman–Crippen MR) is 78.2 cm³/mol. The van der Waals surface area contributed by atoms with E-state index in [4.69, 9.17) is 4.74 Å². The van der Waals surface area contributed by atoms with Crippen LogP contribution in [0.3, 0.4) is 0 Å². The van der Waals surface area contributed by atoms with Crippen LogP contribution in [0.1, 0.15) is 44.3 Å². The first-order valence-corrected chi connectivity index (χ1v) is 7.43. The van der Waals surface area contributed by atoms with Gasteiger partial charge < -0.3 is 19.8 Å². The molecule has 4 heteroatoms. The van der Waals surface area contributed by atoms with Gasteiger partial charge in [0.25, 0.3) is 0 Å². The number of benzene rings is 1. The quantitative estimate of drug-likeness (QED) is 0.889. The van der Waals surface area contributed by atoms with Crippen molar-refractivity contribution in [2.24, 2.45) is 0 Å². The van der Waals surface area contributed by atoms with Crippen molar-refractivity contribution in [3.63, 3.8) is 0 Å². The van der Waals surface area contributed by atoms with Crippen LogP contribution < -0.4 is 9.64 Å². The molecule has 2 fully saturated rings. The number of methoxy groups -OCH3 is 1. The smallest absolute Gasteiger partial charge is 0.126 e. The first-order chi connectivity index (χ1) is 9.61. The molecule has 110 valence electrons. The molecule has 2 aliphatic rings. The number of piperidine rings is 1. The van der Waals surface area contributed by atoms with Crippen LogP contribution in [-0.4, -0.2) is 35.5 Å². The number of aliphatic hydroxyl groups is 2. The average Bonchev–Trinajstić information content (AvgIpc) is 2.69. The van der Waals surface area contributed by atoms with Crippen LogP contribution in [0.5, 0.6) is 5.75 Å². The standard InChI is InChI=1S/C16H23NO3/c1-10(18)16-14(4-3-5-15(16)20-2)17-11-6-7-12(17)9-13(19)8-11/h3-5,10-13,18-19H,6-9H2,1-2H3/t10-,11?,12?,13?/m0/s1. The van der Waals surface area contributed by atoms with Gasteiger partial charge in [0.2, 0.25) is 0 Å². The Morgan fingerprint density at radius 1 is 1.25 bits per heavy atom. The summed E-state index contributed by atoms with van der Waals surface area (Å²) in [6.07, 6.45) is 3.16. The maximum atomic E-state index is 10.1. The highest BCUT2D eigenvalue weighted by Crippen LogP contribution is 2.44. The Morgan fingerprint density at radius 3 is 2.45 bits per heavy atom. The minimum atomic E-state index is -0.563. The summed E-state index contributed by atoms with van der Waals surface area (Å²) in [7, 11) is 1.64. The van der Waals surface area contributed by atoms with E-state index in [9.17, 15) is 10.2 Å². The Bertz CT molecular complexity index is 475. The fourth-order valence-electron chi connectivity index (χ4n) is 3.90. The molecule has 20 heavy (non-hydrogen) atoms. The molecular weight excluding hydrogens is 254 g/mol. The molecule has 2 unspecified atom stereocenters. The van der Waals surface area contributed by atoms with Crippen molar-refractivity contribution in [1.82, 2.24) is 0 Å². The molecule has 0 radical (unpaired) electrons. The van der Waals surface area contributed by atoms with Crippen LogP contribution in [0, 0.1) is 0 Å². The van der Waals surface area contributed by atoms with Gasteiger partial charge in [-0.15, -0.1) is 0 Å². The van der Waals surface area contributed by atoms with Gasteiger partial charge in [-0.3, -0.25) is 0 Å². The lowest BCUT2D eigenvalue weighted by Crippen LogP contribution is -2.45. The van der Waals surface area contributed by atoms with Crippen molar-refractivity contribution < 1.29 is 14.9 Å². The number of nitrogens with zero attached hydrogens (tertiary/aromatic N) is 1. The molecule has 0 saturated carbocycles. The Morgan fingerprint density at radius 2 is 1.90 bits per heavy atom. The summed E-state index contributed by atoms with van der Waals surface area (Å²) in [5, 5.41) is 20.1. The van der Waals surface area contributed by atoms with Crippen molar-refractivity contribution in [3.8, 4) is 5.75 Å². The SMILES string of the molecule is COc1cccc(N2C3CCC2CC(O)C3)c1[C@H](C)O. The van der Waals surface area contributed by atoms with Gasteiger partial charge in [-0.05, 0) is 44.7 Å². The maximum Gasteiger partial charge on any atom is 0.126 e. The minimum absolute atomic E-state index is 0.177. The summed E-state index contributed by atoms with van der Waals surface area (Å²) < 4.78 is 5.41. The first kappa shape index (κ1) is 13.7. The van der Waals surface area contributed by atoms with Gasteiger partial charge in [-0.25, -0.2) is 0 Å². The van der Waals surface area contributed by atoms with Crippen LogP contribution in [0.15, 0.2) is 18.2 Å². The van der Waals surface area contributed by atoms with Crippen LogP contribution >= 0.6 is 0 Å². The molecule has 2 saturated heterocycles. The van der Waals surface area contributed by atoms with E-state index in [1.807, 2.05) is 12.1 Å². The summed E-state index contributed by atoms with van der Waals surface area (Å²) in [5.41, 5.74) is 1.93. The molecule has 2 aliphatic heterocycles. The lowest BCUT2D eigenvalue weighted by atomic mass is 9.96. The Kier molecular flexibility index (Phi) is 3.61. The summed E-state index contributed by atoms with van der Waals surface area (Å²) in [5.74, 6) is 0.739. The highest BCUT2D eigenvalue weighted by Gasteiger charge is 2.41. The Hall–Kier alpha value is -1.26. The summed E-state index contributed by atoms with van der Waals surface area (Å²) in [6.45, 7) is 1.78. The highest BCUT2D eigenvalue weighted by molar-refractivity contribution is 5.62. The van der Waals surface area contributed by atoms with Gasteiger partial charge in [0.15, 0.2) is 0 Å². The summed E-state index contributed by atoms with van der Waals surface area (Å²) >= 11 is 0. The molecule has 3 atom stereocenters. The normalized spacial score (nSPS) is 30.4. The monoisotopic (exact) mass is 277 g/mol. The van der Waals surface area contributed by atoms with Crippen molar-refractivity contribution in [3.05, 3.63) is 23.8 Å². The second-order valence-corrected chi connectivity index (χ2v) is 5.99. The lowest BCUT2D eigenvalue weighted by molar-refractivity contribution is 0.126. The fraction of sp³-hybridized carbons (Fsp3) is 0.625. The second-order valence-electron chi connectivity index (χ2n) is 5.99. The fourth-order valence-corrected chi connectivity index (χ4v) is 3.90. The van der Waals surface area contributed by atoms with Crippen molar-refractivity contribution in [2.75, 3.05) is 12.0 Å². The summed E-state index contributed by atoms with van der Waals surface area (Å²) in [6, 6.07) is 6.70. The minimum Gasteiger partial charge on any atom is -0.496 e. The third kappa shape index (κ3) is 2.17. The highest BCUT2D eigenvalue weighted by atomic mass is 16.5. The Balaban J connectivity index is 2.02. The number of ether oxygens (including phenoxy) is 1. The van der Waals surface area contributed by atoms with Crippen molar-refractivity contribution >= 4 is 5.69 Å². The van der Waals surface area contributed by atoms with Crippen LogP contribution in [0.2, 0.25) is 0 Å².